The van der Waals surface area contributed by atoms with Gasteiger partial charge in [-0.15, -0.1) is 0 Å². The second-order valence-electron chi connectivity index (χ2n) is 4.69. The van der Waals surface area contributed by atoms with E-state index in [-0.39, 0.29) is 6.03 Å². The largest absolute Gasteiger partial charge is 0.379 e. The third-order valence-corrected chi connectivity index (χ3v) is 3.71. The molecular weight excluding hydrogens is 322 g/mol. The molecule has 0 atom stereocenters. The molecule has 1 heterocycles. The number of urea groups is 1. The lowest BCUT2D eigenvalue weighted by atomic mass is 10.2. The summed E-state index contributed by atoms with van der Waals surface area (Å²) in [6, 6.07) is 7.78. The fourth-order valence-corrected chi connectivity index (χ4v) is 2.26. The van der Waals surface area contributed by atoms with Gasteiger partial charge >= 0.3 is 6.03 Å². The van der Waals surface area contributed by atoms with E-state index in [1.165, 1.54) is 0 Å². The maximum atomic E-state index is 11.7. The maximum absolute atomic E-state index is 11.7. The van der Waals surface area contributed by atoms with Crippen LogP contribution in [0.2, 0.25) is 0 Å². The van der Waals surface area contributed by atoms with E-state index >= 15 is 0 Å². The first-order valence-corrected chi connectivity index (χ1v) is 7.59. The number of nitrogens with zero attached hydrogens (tertiary/aromatic N) is 1. The summed E-state index contributed by atoms with van der Waals surface area (Å²) in [4.78, 5) is 13.9. The van der Waals surface area contributed by atoms with Crippen molar-refractivity contribution in [2.45, 2.75) is 6.54 Å². The van der Waals surface area contributed by atoms with Crippen LogP contribution in [0.4, 0.5) is 4.79 Å². The molecule has 0 aromatic heterocycles. The molecule has 0 unspecified atom stereocenters. The molecule has 20 heavy (non-hydrogen) atoms. The number of carbonyl (C=O) groups excluding carboxylic acids is 1. The van der Waals surface area contributed by atoms with Crippen molar-refractivity contribution < 1.29 is 9.53 Å². The molecule has 1 aromatic carbocycles. The van der Waals surface area contributed by atoms with Crippen molar-refractivity contribution in [3.63, 3.8) is 0 Å². The molecule has 1 saturated heterocycles. The van der Waals surface area contributed by atoms with Gasteiger partial charge in [0.1, 0.15) is 0 Å². The van der Waals surface area contributed by atoms with Crippen LogP contribution >= 0.6 is 15.9 Å². The minimum absolute atomic E-state index is 0.124. The highest BCUT2D eigenvalue weighted by atomic mass is 79.9. The molecule has 0 spiro atoms. The van der Waals surface area contributed by atoms with E-state index in [4.69, 9.17) is 4.74 Å². The standard InChI is InChI=1S/C14H20BrN3O2/c15-13-3-1-12(2-4-13)11-17-14(19)16-5-6-18-7-9-20-10-8-18/h1-4H,5-11H2,(H2,16,17,19). The predicted octanol–water partition coefficient (Wildman–Crippen LogP) is 1.58. The molecule has 0 bridgehead atoms. The van der Waals surface area contributed by atoms with Gasteiger partial charge in [-0.1, -0.05) is 28.1 Å². The van der Waals surface area contributed by atoms with Gasteiger partial charge in [0.05, 0.1) is 13.2 Å². The first kappa shape index (κ1) is 15.3. The highest BCUT2D eigenvalue weighted by Crippen LogP contribution is 2.10. The molecule has 1 aliphatic rings. The lowest BCUT2D eigenvalue weighted by Crippen LogP contribution is -2.43. The third kappa shape index (κ3) is 5.48. The fourth-order valence-electron chi connectivity index (χ4n) is 2.00. The summed E-state index contributed by atoms with van der Waals surface area (Å²) in [5.74, 6) is 0. The number of hydrogen-bond acceptors (Lipinski definition) is 3. The third-order valence-electron chi connectivity index (χ3n) is 3.18. The highest BCUT2D eigenvalue weighted by Gasteiger charge is 2.09. The monoisotopic (exact) mass is 341 g/mol. The van der Waals surface area contributed by atoms with E-state index in [2.05, 4.69) is 31.5 Å². The van der Waals surface area contributed by atoms with Crippen molar-refractivity contribution in [1.82, 2.24) is 15.5 Å². The number of amides is 2. The first-order chi connectivity index (χ1) is 9.74. The lowest BCUT2D eigenvalue weighted by Gasteiger charge is -2.26. The van der Waals surface area contributed by atoms with Gasteiger partial charge in [-0.2, -0.15) is 0 Å². The van der Waals surface area contributed by atoms with Crippen molar-refractivity contribution >= 4 is 22.0 Å². The minimum atomic E-state index is -0.124. The number of halogens is 1. The Labute approximate surface area is 127 Å². The van der Waals surface area contributed by atoms with Crippen LogP contribution in [-0.2, 0) is 11.3 Å². The van der Waals surface area contributed by atoms with Crippen LogP contribution in [0.1, 0.15) is 5.56 Å². The maximum Gasteiger partial charge on any atom is 0.315 e. The molecule has 0 radical (unpaired) electrons. The van der Waals surface area contributed by atoms with Crippen LogP contribution in [-0.4, -0.2) is 50.3 Å². The van der Waals surface area contributed by atoms with Gasteiger partial charge in [0.15, 0.2) is 0 Å². The van der Waals surface area contributed by atoms with E-state index in [1.807, 2.05) is 24.3 Å². The van der Waals surface area contributed by atoms with E-state index in [0.717, 1.165) is 42.9 Å². The van der Waals surface area contributed by atoms with E-state index in [0.29, 0.717) is 13.1 Å². The summed E-state index contributed by atoms with van der Waals surface area (Å²) in [5, 5.41) is 5.72. The Balaban J connectivity index is 1.59. The topological polar surface area (TPSA) is 53.6 Å². The van der Waals surface area contributed by atoms with Crippen LogP contribution in [0.3, 0.4) is 0 Å². The van der Waals surface area contributed by atoms with Crippen LogP contribution < -0.4 is 10.6 Å². The number of nitrogens with one attached hydrogen (secondary N) is 2. The molecule has 2 N–H and O–H groups in total. The van der Waals surface area contributed by atoms with Crippen molar-refractivity contribution in [3.05, 3.63) is 34.3 Å². The number of rotatable bonds is 5. The SMILES string of the molecule is O=C(NCCN1CCOCC1)NCc1ccc(Br)cc1. The van der Waals surface area contributed by atoms with Crippen molar-refractivity contribution in [1.29, 1.82) is 0 Å². The summed E-state index contributed by atoms with van der Waals surface area (Å²) < 4.78 is 6.32. The van der Waals surface area contributed by atoms with Crippen molar-refractivity contribution in [2.24, 2.45) is 0 Å². The summed E-state index contributed by atoms with van der Waals surface area (Å²) >= 11 is 3.38. The molecule has 1 aromatic rings. The van der Waals surface area contributed by atoms with Crippen LogP contribution in [0.15, 0.2) is 28.7 Å². The smallest absolute Gasteiger partial charge is 0.315 e. The Morgan fingerprint density at radius 3 is 2.60 bits per heavy atom. The van der Waals surface area contributed by atoms with Gasteiger partial charge in [0, 0.05) is 37.2 Å². The average Bonchev–Trinajstić information content (AvgIpc) is 2.48. The van der Waals surface area contributed by atoms with Crippen LogP contribution in [0.5, 0.6) is 0 Å². The van der Waals surface area contributed by atoms with Gasteiger partial charge in [-0.25, -0.2) is 4.79 Å². The first-order valence-electron chi connectivity index (χ1n) is 6.80. The molecule has 1 aliphatic heterocycles. The molecule has 0 aliphatic carbocycles. The van der Waals surface area contributed by atoms with Gasteiger partial charge in [0.25, 0.3) is 0 Å². The number of ether oxygens (including phenoxy) is 1. The molecule has 5 nitrogen and oxygen atoms in total. The molecule has 1 fully saturated rings. The lowest BCUT2D eigenvalue weighted by molar-refractivity contribution is 0.0387. The summed E-state index contributed by atoms with van der Waals surface area (Å²) in [7, 11) is 0. The van der Waals surface area contributed by atoms with Gasteiger partial charge in [-0.05, 0) is 17.7 Å². The Hall–Kier alpha value is -1.11. The Bertz CT molecular complexity index is 419. The number of hydrogen-bond donors (Lipinski definition) is 2. The Morgan fingerprint density at radius 1 is 1.20 bits per heavy atom. The summed E-state index contributed by atoms with van der Waals surface area (Å²) in [5.41, 5.74) is 1.08. The van der Waals surface area contributed by atoms with E-state index in [1.54, 1.807) is 0 Å². The number of carbonyl (C=O) groups is 1. The van der Waals surface area contributed by atoms with E-state index in [9.17, 15) is 4.79 Å². The van der Waals surface area contributed by atoms with Gasteiger partial charge < -0.3 is 15.4 Å². The zero-order valence-corrected chi connectivity index (χ0v) is 13.0. The molecule has 2 rings (SSSR count). The Kier molecular flexibility index (Phi) is 6.29. The zero-order valence-electron chi connectivity index (χ0n) is 11.4. The molecule has 6 heteroatoms. The van der Waals surface area contributed by atoms with Gasteiger partial charge in [0.2, 0.25) is 0 Å². The van der Waals surface area contributed by atoms with Crippen molar-refractivity contribution in [3.8, 4) is 0 Å². The minimum Gasteiger partial charge on any atom is -0.379 e. The molecular formula is C14H20BrN3O2. The highest BCUT2D eigenvalue weighted by molar-refractivity contribution is 9.10. The van der Waals surface area contributed by atoms with Crippen LogP contribution in [0.25, 0.3) is 0 Å². The fraction of sp³-hybridized carbons (Fsp3) is 0.500. The average molecular weight is 342 g/mol. The molecule has 110 valence electrons. The van der Waals surface area contributed by atoms with Crippen molar-refractivity contribution in [2.75, 3.05) is 39.4 Å². The number of benzene rings is 1. The second-order valence-corrected chi connectivity index (χ2v) is 5.61. The second kappa shape index (κ2) is 8.24. The normalized spacial score (nSPS) is 15.8. The van der Waals surface area contributed by atoms with Crippen LogP contribution in [0, 0.1) is 0 Å². The van der Waals surface area contributed by atoms with E-state index < -0.39 is 0 Å². The predicted molar refractivity (Wildman–Crippen MR) is 81.6 cm³/mol. The Morgan fingerprint density at radius 2 is 1.90 bits per heavy atom. The quantitative estimate of drug-likeness (QED) is 0.854. The zero-order chi connectivity index (χ0) is 14.2. The van der Waals surface area contributed by atoms with Gasteiger partial charge in [-0.3, -0.25) is 4.90 Å². The number of morpholine rings is 1. The summed E-state index contributed by atoms with van der Waals surface area (Å²) in [6.07, 6.45) is 0. The molecule has 0 saturated carbocycles. The summed E-state index contributed by atoms with van der Waals surface area (Å²) in [6.45, 7) is 5.54. The molecule has 2 amide bonds.